The largest absolute Gasteiger partial charge is 0.436 e. The van der Waals surface area contributed by atoms with Crippen LogP contribution in [0.2, 0.25) is 0 Å². The normalized spacial score (nSPS) is 16.9. The molecule has 0 aliphatic carbocycles. The summed E-state index contributed by atoms with van der Waals surface area (Å²) in [6, 6.07) is 28.5. The molecule has 55 heavy (non-hydrogen) atoms. The molecule has 4 amide bonds. The zero-order valence-corrected chi connectivity index (χ0v) is 30.9. The number of oxazole rings is 1. The number of nitrogens with zero attached hydrogens (tertiary/aromatic N) is 5. The summed E-state index contributed by atoms with van der Waals surface area (Å²) in [7, 11) is 0. The van der Waals surface area contributed by atoms with Crippen molar-refractivity contribution in [3.63, 3.8) is 0 Å². The molecule has 0 saturated carbocycles. The maximum absolute atomic E-state index is 13.3. The summed E-state index contributed by atoms with van der Waals surface area (Å²) in [5.74, 6) is 0.0377. The summed E-state index contributed by atoms with van der Waals surface area (Å²) in [6.07, 6.45) is 4.29. The number of amides is 4. The number of rotatable bonds is 8. The molecule has 7 aromatic rings. The Morgan fingerprint density at radius 2 is 1.09 bits per heavy atom. The van der Waals surface area contributed by atoms with E-state index in [0.29, 0.717) is 59.0 Å². The van der Waals surface area contributed by atoms with Crippen LogP contribution >= 0.6 is 22.7 Å². The van der Waals surface area contributed by atoms with E-state index >= 15 is 0 Å². The molecule has 5 heterocycles. The van der Waals surface area contributed by atoms with Crippen LogP contribution in [0.3, 0.4) is 0 Å². The van der Waals surface area contributed by atoms with Gasteiger partial charge in [-0.15, -0.1) is 22.7 Å². The van der Waals surface area contributed by atoms with E-state index in [1.165, 1.54) is 22.7 Å². The number of nitrogens with one attached hydrogen (secondary N) is 2. The standard InChI is InChI=1S/C41H33N7O5S2/c49-35(30-9-5-21-47(30)40(51)38-45-28-7-1-3-11-33(28)54-38)43-26-17-13-24(14-18-26)32-23-42-37(53-32)25-15-19-27(20-16-25)44-36(50)31-10-6-22-48(31)41(52)39-46-29-8-2-4-12-34(29)55-39/h1-4,7-8,11-20,23,30-31H,5-6,9-10,21-22H2,(H,43,49)(H,44,50)/t30-,31-/m0/s1. The summed E-state index contributed by atoms with van der Waals surface area (Å²) in [5, 5.41) is 6.71. The van der Waals surface area contributed by atoms with Gasteiger partial charge in [-0.25, -0.2) is 15.0 Å². The van der Waals surface area contributed by atoms with Crippen LogP contribution in [0.1, 0.15) is 45.3 Å². The number of aromatic nitrogens is 3. The maximum Gasteiger partial charge on any atom is 0.283 e. The first kappa shape index (κ1) is 34.5. The van der Waals surface area contributed by atoms with Crippen molar-refractivity contribution in [3.05, 3.63) is 113 Å². The number of likely N-dealkylation sites (tertiary alicyclic amines) is 2. The summed E-state index contributed by atoms with van der Waals surface area (Å²) in [5.41, 5.74) is 4.25. The molecule has 9 rings (SSSR count). The van der Waals surface area contributed by atoms with Gasteiger partial charge >= 0.3 is 0 Å². The zero-order chi connectivity index (χ0) is 37.5. The number of anilines is 2. The van der Waals surface area contributed by atoms with E-state index in [4.69, 9.17) is 4.42 Å². The highest BCUT2D eigenvalue weighted by atomic mass is 32.1. The Morgan fingerprint density at radius 1 is 0.618 bits per heavy atom. The van der Waals surface area contributed by atoms with E-state index < -0.39 is 12.1 Å². The monoisotopic (exact) mass is 767 g/mol. The van der Waals surface area contributed by atoms with Crippen LogP contribution in [0.5, 0.6) is 0 Å². The van der Waals surface area contributed by atoms with E-state index in [1.807, 2.05) is 72.8 Å². The Labute approximate surface area is 322 Å². The second-order valence-electron chi connectivity index (χ2n) is 13.4. The van der Waals surface area contributed by atoms with Crippen LogP contribution in [0.4, 0.5) is 11.4 Å². The van der Waals surface area contributed by atoms with Gasteiger partial charge in [-0.2, -0.15) is 0 Å². The zero-order valence-electron chi connectivity index (χ0n) is 29.3. The molecule has 2 fully saturated rings. The number of benzene rings is 4. The van der Waals surface area contributed by atoms with E-state index in [9.17, 15) is 19.2 Å². The Bertz CT molecular complexity index is 2340. The van der Waals surface area contributed by atoms with E-state index in [0.717, 1.165) is 44.4 Å². The molecule has 2 aliphatic rings. The number of carbonyl (C=O) groups is 4. The van der Waals surface area contributed by atoms with Crippen LogP contribution in [0.25, 0.3) is 43.2 Å². The third kappa shape index (κ3) is 6.85. The average Bonchev–Trinajstić information content (AvgIpc) is 4.07. The van der Waals surface area contributed by atoms with Crippen molar-refractivity contribution in [3.8, 4) is 22.8 Å². The van der Waals surface area contributed by atoms with Gasteiger partial charge in [0.1, 0.15) is 12.1 Å². The lowest BCUT2D eigenvalue weighted by Crippen LogP contribution is -2.43. The third-order valence-electron chi connectivity index (χ3n) is 9.93. The molecule has 2 saturated heterocycles. The van der Waals surface area contributed by atoms with Crippen LogP contribution in [-0.4, -0.2) is 73.6 Å². The highest BCUT2D eigenvalue weighted by molar-refractivity contribution is 7.20. The lowest BCUT2D eigenvalue weighted by atomic mass is 10.1. The lowest BCUT2D eigenvalue weighted by Gasteiger charge is -2.23. The molecular weight excluding hydrogens is 735 g/mol. The SMILES string of the molecule is O=C(Nc1ccc(-c2cnc(-c3ccc(NC(=O)[C@@H]4CCCN4C(=O)c4nc5ccccc5s4)cc3)o2)cc1)[C@@H]1CCCN1C(=O)c1nc2ccccc2s1. The Morgan fingerprint density at radius 3 is 1.58 bits per heavy atom. The molecule has 274 valence electrons. The molecule has 2 aliphatic heterocycles. The summed E-state index contributed by atoms with van der Waals surface area (Å²) < 4.78 is 7.96. The van der Waals surface area contributed by atoms with Gasteiger partial charge in [0.15, 0.2) is 15.8 Å². The molecular formula is C41H33N7O5S2. The number of thiazole rings is 2. The number of fused-ring (bicyclic) bond motifs is 2. The Hall–Kier alpha value is -6.25. The highest BCUT2D eigenvalue weighted by Crippen LogP contribution is 2.31. The van der Waals surface area contributed by atoms with Crippen molar-refractivity contribution in [2.75, 3.05) is 23.7 Å². The van der Waals surface area contributed by atoms with Crippen molar-refractivity contribution in [1.29, 1.82) is 0 Å². The summed E-state index contributed by atoms with van der Waals surface area (Å²) in [6.45, 7) is 1.01. The van der Waals surface area contributed by atoms with Gasteiger partial charge in [-0.05, 0) is 98.5 Å². The van der Waals surface area contributed by atoms with Crippen LogP contribution < -0.4 is 10.6 Å². The second kappa shape index (κ2) is 14.5. The minimum Gasteiger partial charge on any atom is -0.436 e. The van der Waals surface area contributed by atoms with Crippen LogP contribution in [0.15, 0.2) is 108 Å². The van der Waals surface area contributed by atoms with Gasteiger partial charge in [-0.3, -0.25) is 19.2 Å². The highest BCUT2D eigenvalue weighted by Gasteiger charge is 2.37. The fraction of sp³-hybridized carbons (Fsp3) is 0.195. The Kier molecular flexibility index (Phi) is 9.12. The lowest BCUT2D eigenvalue weighted by molar-refractivity contribution is -0.120. The number of hydrogen-bond acceptors (Lipinski definition) is 10. The average molecular weight is 768 g/mol. The van der Waals surface area contributed by atoms with Crippen molar-refractivity contribution in [2.45, 2.75) is 37.8 Å². The van der Waals surface area contributed by atoms with E-state index in [1.54, 1.807) is 40.3 Å². The van der Waals surface area contributed by atoms with Crippen LogP contribution in [0, 0.1) is 0 Å². The van der Waals surface area contributed by atoms with Gasteiger partial charge in [-0.1, -0.05) is 24.3 Å². The fourth-order valence-electron chi connectivity index (χ4n) is 7.14. The molecule has 0 bridgehead atoms. The molecule has 12 nitrogen and oxygen atoms in total. The van der Waals surface area contributed by atoms with Crippen molar-refractivity contribution in [1.82, 2.24) is 24.8 Å². The van der Waals surface area contributed by atoms with Gasteiger partial charge in [0.2, 0.25) is 17.7 Å². The molecule has 14 heteroatoms. The number of carbonyl (C=O) groups excluding carboxylic acids is 4. The first-order valence-electron chi connectivity index (χ1n) is 18.0. The van der Waals surface area contributed by atoms with Crippen molar-refractivity contribution >= 4 is 78.1 Å². The summed E-state index contributed by atoms with van der Waals surface area (Å²) >= 11 is 2.68. The van der Waals surface area contributed by atoms with Gasteiger partial charge in [0.25, 0.3) is 11.8 Å². The molecule has 0 unspecified atom stereocenters. The van der Waals surface area contributed by atoms with Gasteiger partial charge < -0.3 is 24.9 Å². The van der Waals surface area contributed by atoms with Crippen molar-refractivity contribution < 1.29 is 23.6 Å². The topological polar surface area (TPSA) is 151 Å². The fourth-order valence-corrected chi connectivity index (χ4v) is 8.99. The summed E-state index contributed by atoms with van der Waals surface area (Å²) in [4.78, 5) is 70.0. The molecule has 2 N–H and O–H groups in total. The van der Waals surface area contributed by atoms with E-state index in [2.05, 4.69) is 25.6 Å². The molecule has 2 atom stereocenters. The van der Waals surface area contributed by atoms with Crippen molar-refractivity contribution in [2.24, 2.45) is 0 Å². The molecule has 4 aromatic carbocycles. The first-order valence-corrected chi connectivity index (χ1v) is 19.6. The minimum atomic E-state index is -0.579. The quantitative estimate of drug-likeness (QED) is 0.160. The number of para-hydroxylation sites is 2. The van der Waals surface area contributed by atoms with Gasteiger partial charge in [0, 0.05) is 35.6 Å². The first-order chi connectivity index (χ1) is 26.9. The predicted octanol–water partition coefficient (Wildman–Crippen LogP) is 7.71. The third-order valence-corrected chi connectivity index (χ3v) is 12.0. The van der Waals surface area contributed by atoms with Gasteiger partial charge in [0.05, 0.1) is 26.6 Å². The maximum atomic E-state index is 13.3. The molecule has 0 radical (unpaired) electrons. The molecule has 0 spiro atoms. The minimum absolute atomic E-state index is 0.222. The Balaban J connectivity index is 0.808. The second-order valence-corrected chi connectivity index (χ2v) is 15.5. The smallest absolute Gasteiger partial charge is 0.283 e. The van der Waals surface area contributed by atoms with Crippen LogP contribution in [-0.2, 0) is 9.59 Å². The predicted molar refractivity (Wildman–Crippen MR) is 212 cm³/mol. The molecule has 3 aromatic heterocycles. The van der Waals surface area contributed by atoms with E-state index in [-0.39, 0.29) is 23.6 Å². The number of hydrogen-bond donors (Lipinski definition) is 2.